The van der Waals surface area contributed by atoms with Gasteiger partial charge < -0.3 is 10.0 Å². The Labute approximate surface area is 148 Å². The average molecular weight is 360 g/mol. The second-order valence-electron chi connectivity index (χ2n) is 6.33. The normalized spacial score (nSPS) is 28.8. The number of fused-ring (bicyclic) bond motifs is 2. The highest BCUT2D eigenvalue weighted by Crippen LogP contribution is 2.38. The van der Waals surface area contributed by atoms with Crippen LogP contribution in [-0.4, -0.2) is 61.8 Å². The van der Waals surface area contributed by atoms with Gasteiger partial charge in [0.15, 0.2) is 0 Å². The van der Waals surface area contributed by atoms with E-state index in [9.17, 15) is 24.3 Å². The summed E-state index contributed by atoms with van der Waals surface area (Å²) in [5.74, 6) is -1.84. The van der Waals surface area contributed by atoms with Gasteiger partial charge in [0.2, 0.25) is 5.91 Å². The SMILES string of the molecule is O=C(O)[C@@H]1CC[C@@H]2SCC[C@H](N3C(=O)c4ccccc4C3=O)C(=O)N21. The van der Waals surface area contributed by atoms with Crippen molar-refractivity contribution < 1.29 is 24.3 Å². The Hall–Kier alpha value is -2.35. The van der Waals surface area contributed by atoms with Gasteiger partial charge in [0.05, 0.1) is 16.5 Å². The maximum absolute atomic E-state index is 13.1. The van der Waals surface area contributed by atoms with E-state index in [4.69, 9.17) is 0 Å². The van der Waals surface area contributed by atoms with Crippen molar-refractivity contribution in [3.8, 4) is 0 Å². The number of carboxylic acid groups (broad SMARTS) is 1. The van der Waals surface area contributed by atoms with Crippen molar-refractivity contribution in [2.24, 2.45) is 0 Å². The van der Waals surface area contributed by atoms with Gasteiger partial charge in [0, 0.05) is 0 Å². The molecule has 7 nitrogen and oxygen atoms in total. The smallest absolute Gasteiger partial charge is 0.326 e. The second kappa shape index (κ2) is 5.87. The first-order chi connectivity index (χ1) is 12.0. The third kappa shape index (κ3) is 2.35. The van der Waals surface area contributed by atoms with E-state index in [1.54, 1.807) is 24.3 Å². The fourth-order valence-electron chi connectivity index (χ4n) is 3.82. The quantitative estimate of drug-likeness (QED) is 0.796. The Kier molecular flexibility index (Phi) is 3.79. The minimum absolute atomic E-state index is 0.200. The Bertz CT molecular complexity index is 760. The molecule has 0 spiro atoms. The molecule has 130 valence electrons. The molecule has 0 aromatic heterocycles. The fourth-order valence-corrected chi connectivity index (χ4v) is 5.17. The first kappa shape index (κ1) is 16.1. The molecule has 0 unspecified atom stereocenters. The van der Waals surface area contributed by atoms with E-state index >= 15 is 0 Å². The van der Waals surface area contributed by atoms with Crippen molar-refractivity contribution in [2.45, 2.75) is 36.7 Å². The number of amides is 3. The summed E-state index contributed by atoms with van der Waals surface area (Å²) in [6.45, 7) is 0. The largest absolute Gasteiger partial charge is 0.480 e. The number of hydrogen-bond acceptors (Lipinski definition) is 5. The molecule has 8 heteroatoms. The molecule has 0 aliphatic carbocycles. The number of thioether (sulfide) groups is 1. The summed E-state index contributed by atoms with van der Waals surface area (Å²) in [5, 5.41) is 9.21. The monoisotopic (exact) mass is 360 g/mol. The molecule has 25 heavy (non-hydrogen) atoms. The lowest BCUT2D eigenvalue weighted by atomic mass is 10.1. The van der Waals surface area contributed by atoms with E-state index in [0.29, 0.717) is 36.1 Å². The van der Waals surface area contributed by atoms with E-state index < -0.39 is 35.8 Å². The maximum Gasteiger partial charge on any atom is 0.326 e. The first-order valence-electron chi connectivity index (χ1n) is 8.14. The van der Waals surface area contributed by atoms with Gasteiger partial charge in [-0.2, -0.15) is 0 Å². The van der Waals surface area contributed by atoms with Gasteiger partial charge in [-0.1, -0.05) is 12.1 Å². The molecule has 4 rings (SSSR count). The van der Waals surface area contributed by atoms with Gasteiger partial charge in [-0.25, -0.2) is 4.79 Å². The molecule has 0 radical (unpaired) electrons. The molecule has 1 N–H and O–H groups in total. The second-order valence-corrected chi connectivity index (χ2v) is 7.62. The molecule has 1 aromatic rings. The predicted molar refractivity (Wildman–Crippen MR) is 89.1 cm³/mol. The van der Waals surface area contributed by atoms with Crippen LogP contribution in [-0.2, 0) is 9.59 Å². The summed E-state index contributed by atoms with van der Waals surface area (Å²) in [4.78, 5) is 52.3. The summed E-state index contributed by atoms with van der Waals surface area (Å²) in [5.41, 5.74) is 0.593. The van der Waals surface area contributed by atoms with E-state index in [1.165, 1.54) is 16.7 Å². The van der Waals surface area contributed by atoms with E-state index in [-0.39, 0.29) is 5.37 Å². The molecule has 3 aliphatic heterocycles. The molecule has 1 aromatic carbocycles. The number of hydrogen-bond donors (Lipinski definition) is 1. The number of carboxylic acids is 1. The average Bonchev–Trinajstić information content (AvgIpc) is 3.08. The first-order valence-corrected chi connectivity index (χ1v) is 9.19. The fraction of sp³-hybridized carbons (Fsp3) is 0.412. The summed E-state index contributed by atoms with van der Waals surface area (Å²) in [7, 11) is 0. The molecule has 2 fully saturated rings. The predicted octanol–water partition coefficient (Wildman–Crippen LogP) is 1.19. The highest BCUT2D eigenvalue weighted by atomic mass is 32.2. The zero-order chi connectivity index (χ0) is 17.7. The standard InChI is InChI=1S/C17H16N2O5S/c20-14-9-3-1-2-4-10(9)15(21)19(14)11-7-8-25-13-6-5-12(17(23)24)18(13)16(11)22/h1-4,11-13H,5-8H2,(H,23,24)/t11-,12-,13-/m0/s1. The zero-order valence-electron chi connectivity index (χ0n) is 13.3. The summed E-state index contributed by atoms with van der Waals surface area (Å²) >= 11 is 1.52. The van der Waals surface area contributed by atoms with Gasteiger partial charge in [-0.3, -0.25) is 19.3 Å². The third-order valence-corrected chi connectivity index (χ3v) is 6.32. The van der Waals surface area contributed by atoms with Gasteiger partial charge in [0.25, 0.3) is 11.8 Å². The maximum atomic E-state index is 13.1. The van der Waals surface area contributed by atoms with Gasteiger partial charge in [0.1, 0.15) is 12.1 Å². The van der Waals surface area contributed by atoms with E-state index in [1.807, 2.05) is 0 Å². The number of nitrogens with zero attached hydrogens (tertiary/aromatic N) is 2. The Balaban J connectivity index is 1.69. The van der Waals surface area contributed by atoms with Crippen LogP contribution in [0.2, 0.25) is 0 Å². The van der Waals surface area contributed by atoms with Gasteiger partial charge in [-0.05, 0) is 37.1 Å². The molecule has 0 bridgehead atoms. The van der Waals surface area contributed by atoms with Crippen LogP contribution in [0.15, 0.2) is 24.3 Å². The molecule has 0 saturated carbocycles. The minimum Gasteiger partial charge on any atom is -0.480 e. The highest BCUT2D eigenvalue weighted by molar-refractivity contribution is 7.99. The lowest BCUT2D eigenvalue weighted by Crippen LogP contribution is -2.53. The Morgan fingerprint density at radius 3 is 2.28 bits per heavy atom. The minimum atomic E-state index is -1.04. The van der Waals surface area contributed by atoms with Gasteiger partial charge in [-0.15, -0.1) is 11.8 Å². The van der Waals surface area contributed by atoms with Crippen molar-refractivity contribution >= 4 is 35.5 Å². The number of aliphatic carboxylic acids is 1. The van der Waals surface area contributed by atoms with Crippen LogP contribution in [0.3, 0.4) is 0 Å². The summed E-state index contributed by atoms with van der Waals surface area (Å²) in [6, 6.07) is 4.67. The van der Waals surface area contributed by atoms with Crippen molar-refractivity contribution in [3.63, 3.8) is 0 Å². The van der Waals surface area contributed by atoms with E-state index in [2.05, 4.69) is 0 Å². The summed E-state index contributed by atoms with van der Waals surface area (Å²) < 4.78 is 0. The molecule has 3 amide bonds. The molecule has 3 aliphatic rings. The summed E-state index contributed by atoms with van der Waals surface area (Å²) in [6.07, 6.45) is 1.35. The van der Waals surface area contributed by atoms with Crippen molar-refractivity contribution in [2.75, 3.05) is 5.75 Å². The van der Waals surface area contributed by atoms with E-state index in [0.717, 1.165) is 4.90 Å². The van der Waals surface area contributed by atoms with Gasteiger partial charge >= 0.3 is 5.97 Å². The van der Waals surface area contributed by atoms with Crippen LogP contribution in [0.1, 0.15) is 40.0 Å². The number of rotatable bonds is 2. The topological polar surface area (TPSA) is 95.0 Å². The third-order valence-electron chi connectivity index (χ3n) is 5.00. The molecular formula is C17H16N2O5S. The van der Waals surface area contributed by atoms with Crippen LogP contribution < -0.4 is 0 Å². The van der Waals surface area contributed by atoms with Crippen LogP contribution in [0, 0.1) is 0 Å². The number of carbonyl (C=O) groups is 4. The Morgan fingerprint density at radius 2 is 1.68 bits per heavy atom. The highest BCUT2D eigenvalue weighted by Gasteiger charge is 2.50. The van der Waals surface area contributed by atoms with Crippen LogP contribution >= 0.6 is 11.8 Å². The lowest BCUT2D eigenvalue weighted by Gasteiger charge is -2.31. The molecule has 3 atom stereocenters. The van der Waals surface area contributed by atoms with Crippen LogP contribution in [0.4, 0.5) is 0 Å². The molecule has 2 saturated heterocycles. The Morgan fingerprint density at radius 1 is 1.04 bits per heavy atom. The lowest BCUT2D eigenvalue weighted by molar-refractivity contribution is -0.150. The molecular weight excluding hydrogens is 344 g/mol. The van der Waals surface area contributed by atoms with Crippen molar-refractivity contribution in [1.29, 1.82) is 0 Å². The number of carbonyl (C=O) groups excluding carboxylic acids is 3. The molecule has 3 heterocycles. The van der Waals surface area contributed by atoms with Crippen molar-refractivity contribution in [3.05, 3.63) is 35.4 Å². The van der Waals surface area contributed by atoms with Crippen LogP contribution in [0.25, 0.3) is 0 Å². The van der Waals surface area contributed by atoms with Crippen molar-refractivity contribution in [1.82, 2.24) is 9.80 Å². The number of imide groups is 1. The zero-order valence-corrected chi connectivity index (χ0v) is 14.1. The van der Waals surface area contributed by atoms with Crippen LogP contribution in [0.5, 0.6) is 0 Å². The number of benzene rings is 1.